The van der Waals surface area contributed by atoms with Crippen molar-refractivity contribution in [1.82, 2.24) is 0 Å². The molecule has 2 aliphatic carbocycles. The largest absolute Gasteiger partial charge is 0.204 e. The minimum absolute atomic E-state index is 0.197. The second kappa shape index (κ2) is 4.18. The van der Waals surface area contributed by atoms with E-state index in [2.05, 4.69) is 0 Å². The third-order valence-electron chi connectivity index (χ3n) is 4.59. The molecule has 0 N–H and O–H groups in total. The molecule has 0 fully saturated rings. The van der Waals surface area contributed by atoms with Crippen LogP contribution >= 0.6 is 23.2 Å². The van der Waals surface area contributed by atoms with Crippen molar-refractivity contribution in [3.05, 3.63) is 69.8 Å². The summed E-state index contributed by atoms with van der Waals surface area (Å²) in [5.74, 6) is -4.05. The van der Waals surface area contributed by atoms with Crippen molar-refractivity contribution in [3.8, 4) is 0 Å². The summed E-state index contributed by atoms with van der Waals surface area (Å²) in [6.07, 6.45) is 0.394. The molecule has 4 rings (SSSR count). The summed E-state index contributed by atoms with van der Waals surface area (Å²) < 4.78 is 54.2. The zero-order chi connectivity index (χ0) is 15.9. The van der Waals surface area contributed by atoms with Gasteiger partial charge in [0.2, 0.25) is 0 Å². The summed E-state index contributed by atoms with van der Waals surface area (Å²) in [4.78, 5) is -2.50. The molecule has 2 aromatic rings. The molecule has 0 aromatic heterocycles. The maximum absolute atomic E-state index is 13.6. The third kappa shape index (κ3) is 1.55. The molecule has 0 amide bonds. The Morgan fingerprint density at radius 1 is 0.682 bits per heavy atom. The summed E-state index contributed by atoms with van der Waals surface area (Å²) in [6.45, 7) is 0. The fourth-order valence-corrected chi connectivity index (χ4v) is 4.62. The minimum atomic E-state index is -1.40. The minimum Gasteiger partial charge on any atom is -0.204 e. The van der Waals surface area contributed by atoms with Gasteiger partial charge in [0, 0.05) is 0 Å². The van der Waals surface area contributed by atoms with Crippen molar-refractivity contribution in [2.75, 3.05) is 0 Å². The van der Waals surface area contributed by atoms with Gasteiger partial charge in [-0.15, -0.1) is 23.2 Å². The first-order valence-corrected chi connectivity index (χ1v) is 7.36. The maximum atomic E-state index is 13.6. The summed E-state index contributed by atoms with van der Waals surface area (Å²) in [5, 5.41) is 0. The number of fused-ring (bicyclic) bond motifs is 5. The highest BCUT2D eigenvalue weighted by Gasteiger charge is 2.62. The lowest BCUT2D eigenvalue weighted by Crippen LogP contribution is -2.37. The van der Waals surface area contributed by atoms with Gasteiger partial charge >= 0.3 is 0 Å². The lowest BCUT2D eigenvalue weighted by atomic mass is 9.90. The average molecular weight is 347 g/mol. The first-order chi connectivity index (χ1) is 10.3. The molecule has 22 heavy (non-hydrogen) atoms. The van der Waals surface area contributed by atoms with Crippen LogP contribution in [0.5, 0.6) is 0 Å². The standard InChI is InChI=1S/C16H8Cl2F4/c17-15-5-7-1-11(19)13(21)3-9(7)16(15,18)10-4-14(22)12(20)2-8(10)6-15/h1-4H,5-6H2. The molecule has 0 saturated heterocycles. The van der Waals surface area contributed by atoms with Crippen LogP contribution in [0.3, 0.4) is 0 Å². The molecule has 2 aliphatic rings. The van der Waals surface area contributed by atoms with Crippen LogP contribution in [0, 0.1) is 23.3 Å². The van der Waals surface area contributed by atoms with Crippen molar-refractivity contribution < 1.29 is 17.6 Å². The second-order valence-corrected chi connectivity index (χ2v) is 7.11. The van der Waals surface area contributed by atoms with Gasteiger partial charge in [0.15, 0.2) is 23.3 Å². The molecule has 0 heterocycles. The van der Waals surface area contributed by atoms with Gasteiger partial charge in [0.05, 0.1) is 4.87 Å². The van der Waals surface area contributed by atoms with Crippen LogP contribution in [-0.2, 0) is 17.7 Å². The first kappa shape index (κ1) is 14.3. The van der Waals surface area contributed by atoms with Gasteiger partial charge in [0.25, 0.3) is 0 Å². The third-order valence-corrected chi connectivity index (χ3v) is 6.01. The highest BCUT2D eigenvalue weighted by Crippen LogP contribution is 2.63. The monoisotopic (exact) mass is 346 g/mol. The summed E-state index contributed by atoms with van der Waals surface area (Å²) >= 11 is 13.3. The van der Waals surface area contributed by atoms with Crippen LogP contribution in [0.2, 0.25) is 0 Å². The SMILES string of the molecule is Fc1cc2c(cc1F)C1(Cl)c3cc(F)c(F)cc3CC1(Cl)C2. The Balaban J connectivity index is 2.03. The number of rotatable bonds is 0. The van der Waals surface area contributed by atoms with Crippen LogP contribution in [0.1, 0.15) is 22.3 Å². The smallest absolute Gasteiger partial charge is 0.159 e. The van der Waals surface area contributed by atoms with Gasteiger partial charge in [-0.05, 0) is 59.4 Å². The molecule has 0 nitrogen and oxygen atoms in total. The number of hydrogen-bond donors (Lipinski definition) is 0. The van der Waals surface area contributed by atoms with Crippen LogP contribution in [-0.4, -0.2) is 4.87 Å². The quantitative estimate of drug-likeness (QED) is 0.474. The lowest BCUT2D eigenvalue weighted by molar-refractivity contribution is 0.502. The Bertz CT molecular complexity index is 770. The highest BCUT2D eigenvalue weighted by molar-refractivity contribution is 6.38. The van der Waals surface area contributed by atoms with E-state index in [0.717, 1.165) is 24.3 Å². The molecule has 0 spiro atoms. The second-order valence-electron chi connectivity index (χ2n) is 5.82. The molecule has 0 aliphatic heterocycles. The Morgan fingerprint density at radius 2 is 1.05 bits per heavy atom. The maximum Gasteiger partial charge on any atom is 0.159 e. The van der Waals surface area contributed by atoms with E-state index in [1.165, 1.54) is 0 Å². The Labute approximate surface area is 133 Å². The average Bonchev–Trinajstić information content (AvgIpc) is 2.76. The summed E-state index contributed by atoms with van der Waals surface area (Å²) in [5.41, 5.74) is 1.60. The van der Waals surface area contributed by atoms with Crippen LogP contribution in [0.25, 0.3) is 0 Å². The van der Waals surface area contributed by atoms with Crippen molar-refractivity contribution in [2.45, 2.75) is 22.6 Å². The van der Waals surface area contributed by atoms with E-state index in [1.54, 1.807) is 0 Å². The van der Waals surface area contributed by atoms with Gasteiger partial charge in [-0.3, -0.25) is 0 Å². The molecular formula is C16H8Cl2F4. The predicted molar refractivity (Wildman–Crippen MR) is 75.3 cm³/mol. The highest BCUT2D eigenvalue weighted by atomic mass is 35.5. The summed E-state index contributed by atoms with van der Waals surface area (Å²) in [6, 6.07) is 4.13. The van der Waals surface area contributed by atoms with Crippen molar-refractivity contribution in [3.63, 3.8) is 0 Å². The number of alkyl halides is 2. The Kier molecular flexibility index (Phi) is 2.72. The van der Waals surface area contributed by atoms with Crippen LogP contribution < -0.4 is 0 Å². The zero-order valence-electron chi connectivity index (χ0n) is 11.0. The first-order valence-electron chi connectivity index (χ1n) is 6.61. The van der Waals surface area contributed by atoms with Gasteiger partial charge in [-0.25, -0.2) is 17.6 Å². The number of benzene rings is 2. The van der Waals surface area contributed by atoms with Gasteiger partial charge in [-0.1, -0.05) is 0 Å². The topological polar surface area (TPSA) is 0 Å². The predicted octanol–water partition coefficient (Wildman–Crippen LogP) is 4.82. The van der Waals surface area contributed by atoms with E-state index in [9.17, 15) is 17.6 Å². The number of halogens is 6. The van der Waals surface area contributed by atoms with Crippen molar-refractivity contribution in [2.24, 2.45) is 0 Å². The van der Waals surface area contributed by atoms with E-state index < -0.39 is 33.0 Å². The van der Waals surface area contributed by atoms with Gasteiger partial charge in [-0.2, -0.15) is 0 Å². The molecule has 114 valence electrons. The van der Waals surface area contributed by atoms with E-state index in [0.29, 0.717) is 22.3 Å². The lowest BCUT2D eigenvalue weighted by Gasteiger charge is -2.31. The van der Waals surface area contributed by atoms with E-state index >= 15 is 0 Å². The molecule has 0 saturated carbocycles. The van der Waals surface area contributed by atoms with E-state index in [1.807, 2.05) is 0 Å². The molecule has 0 atom stereocenters. The Morgan fingerprint density at radius 3 is 1.45 bits per heavy atom. The van der Waals surface area contributed by atoms with Gasteiger partial charge < -0.3 is 0 Å². The zero-order valence-corrected chi connectivity index (χ0v) is 12.5. The van der Waals surface area contributed by atoms with Crippen molar-refractivity contribution in [1.29, 1.82) is 0 Å². The van der Waals surface area contributed by atoms with E-state index in [-0.39, 0.29) is 12.8 Å². The molecule has 0 radical (unpaired) electrons. The number of hydrogen-bond acceptors (Lipinski definition) is 0. The van der Waals surface area contributed by atoms with Gasteiger partial charge in [0.1, 0.15) is 4.87 Å². The fraction of sp³-hybridized carbons (Fsp3) is 0.250. The summed E-state index contributed by atoms with van der Waals surface area (Å²) in [7, 11) is 0. The normalized spacial score (nSPS) is 28.5. The van der Waals surface area contributed by atoms with E-state index in [4.69, 9.17) is 23.2 Å². The molecule has 6 heteroatoms. The fourth-order valence-electron chi connectivity index (χ4n) is 3.65. The molecular weight excluding hydrogens is 339 g/mol. The molecule has 0 bridgehead atoms. The Hall–Kier alpha value is -1.26. The molecule has 0 unspecified atom stereocenters. The molecule has 2 aromatic carbocycles. The van der Waals surface area contributed by atoms with Crippen LogP contribution in [0.4, 0.5) is 17.6 Å². The van der Waals surface area contributed by atoms with Crippen molar-refractivity contribution >= 4 is 23.2 Å². The van der Waals surface area contributed by atoms with Crippen LogP contribution in [0.15, 0.2) is 24.3 Å².